The number of benzene rings is 1. The van der Waals surface area contributed by atoms with Gasteiger partial charge < -0.3 is 0 Å². The quantitative estimate of drug-likeness (QED) is 0.900. The molecule has 1 heterocycles. The predicted molar refractivity (Wildman–Crippen MR) is 62.5 cm³/mol. The Labute approximate surface area is 104 Å². The average Bonchev–Trinajstić information content (AvgIpc) is 2.38. The average molecular weight is 267 g/mol. The minimum absolute atomic E-state index is 0.0147. The topological polar surface area (TPSA) is 72.0 Å². The van der Waals surface area contributed by atoms with Gasteiger partial charge in [0.2, 0.25) is 10.0 Å². The molecule has 2 rings (SSSR count). The smallest absolute Gasteiger partial charge is 0.243 e. The molecule has 0 spiro atoms. The Morgan fingerprint density at radius 1 is 1.22 bits per heavy atom. The van der Waals surface area contributed by atoms with Crippen molar-refractivity contribution in [3.63, 3.8) is 0 Å². The standard InChI is InChI=1S/C11H10FN3O2S/c12-10-3-1-2-4-11(10)18(16,17)15-7-9-5-6-13-8-14-9/h1-6,8,15H,7H2. The number of nitrogens with one attached hydrogen (secondary N) is 1. The first-order valence-corrected chi connectivity index (χ1v) is 6.57. The van der Waals surface area contributed by atoms with Crippen LogP contribution >= 0.6 is 0 Å². The Balaban J connectivity index is 2.16. The van der Waals surface area contributed by atoms with Crippen LogP contribution in [0.1, 0.15) is 5.69 Å². The van der Waals surface area contributed by atoms with Gasteiger partial charge in [-0.05, 0) is 18.2 Å². The van der Waals surface area contributed by atoms with E-state index in [4.69, 9.17) is 0 Å². The van der Waals surface area contributed by atoms with Gasteiger partial charge in [0.25, 0.3) is 0 Å². The SMILES string of the molecule is O=S(=O)(NCc1ccncn1)c1ccccc1F. The zero-order valence-corrected chi connectivity index (χ0v) is 10.1. The molecular weight excluding hydrogens is 257 g/mol. The van der Waals surface area contributed by atoms with E-state index in [0.717, 1.165) is 6.07 Å². The van der Waals surface area contributed by atoms with Crippen LogP contribution in [0.25, 0.3) is 0 Å². The van der Waals surface area contributed by atoms with Gasteiger partial charge in [-0.2, -0.15) is 0 Å². The van der Waals surface area contributed by atoms with E-state index in [1.54, 1.807) is 6.07 Å². The lowest BCUT2D eigenvalue weighted by Crippen LogP contribution is -2.24. The zero-order valence-electron chi connectivity index (χ0n) is 9.25. The third-order valence-corrected chi connectivity index (χ3v) is 3.65. The molecular formula is C11H10FN3O2S. The molecule has 94 valence electrons. The van der Waals surface area contributed by atoms with E-state index >= 15 is 0 Å². The van der Waals surface area contributed by atoms with Gasteiger partial charge in [-0.15, -0.1) is 0 Å². The number of nitrogens with zero attached hydrogens (tertiary/aromatic N) is 2. The van der Waals surface area contributed by atoms with Gasteiger partial charge in [-0.3, -0.25) is 0 Å². The molecule has 1 N–H and O–H groups in total. The maximum absolute atomic E-state index is 13.4. The van der Waals surface area contributed by atoms with Crippen molar-refractivity contribution in [1.82, 2.24) is 14.7 Å². The van der Waals surface area contributed by atoms with E-state index in [9.17, 15) is 12.8 Å². The summed E-state index contributed by atoms with van der Waals surface area (Å²) < 4.78 is 39.3. The fourth-order valence-electron chi connectivity index (χ4n) is 1.33. The summed E-state index contributed by atoms with van der Waals surface area (Å²) in [5.41, 5.74) is 0.505. The number of rotatable bonds is 4. The summed E-state index contributed by atoms with van der Waals surface area (Å²) in [6, 6.07) is 6.77. The Bertz CT molecular complexity index is 632. The van der Waals surface area contributed by atoms with Crippen molar-refractivity contribution < 1.29 is 12.8 Å². The van der Waals surface area contributed by atoms with Crippen molar-refractivity contribution in [3.8, 4) is 0 Å². The fraction of sp³-hybridized carbons (Fsp3) is 0.0909. The molecule has 0 fully saturated rings. The maximum Gasteiger partial charge on any atom is 0.243 e. The normalized spacial score (nSPS) is 11.4. The molecule has 7 heteroatoms. The molecule has 0 amide bonds. The van der Waals surface area contributed by atoms with E-state index in [0.29, 0.717) is 5.69 Å². The first-order valence-electron chi connectivity index (χ1n) is 5.09. The molecule has 0 bridgehead atoms. The van der Waals surface area contributed by atoms with E-state index in [2.05, 4.69) is 14.7 Å². The van der Waals surface area contributed by atoms with Crippen molar-refractivity contribution >= 4 is 10.0 Å². The number of hydrogen-bond donors (Lipinski definition) is 1. The van der Waals surface area contributed by atoms with Crippen LogP contribution in [0.2, 0.25) is 0 Å². The summed E-state index contributed by atoms with van der Waals surface area (Å²) in [6.45, 7) is -0.0147. The minimum Gasteiger partial charge on any atom is -0.245 e. The molecule has 0 saturated heterocycles. The number of sulfonamides is 1. The fourth-order valence-corrected chi connectivity index (χ4v) is 2.41. The monoisotopic (exact) mass is 267 g/mol. The molecule has 1 aromatic carbocycles. The molecule has 0 unspecified atom stereocenters. The summed E-state index contributed by atoms with van der Waals surface area (Å²) in [6.07, 6.45) is 2.81. The molecule has 1 aromatic heterocycles. The second-order valence-electron chi connectivity index (χ2n) is 3.46. The van der Waals surface area contributed by atoms with Crippen molar-refractivity contribution in [2.45, 2.75) is 11.4 Å². The summed E-state index contributed by atoms with van der Waals surface area (Å²) in [4.78, 5) is 7.20. The lowest BCUT2D eigenvalue weighted by atomic mass is 10.4. The van der Waals surface area contributed by atoms with Gasteiger partial charge in [0.05, 0.1) is 12.2 Å². The van der Waals surface area contributed by atoms with Gasteiger partial charge >= 0.3 is 0 Å². The summed E-state index contributed by atoms with van der Waals surface area (Å²) in [7, 11) is -3.87. The molecule has 5 nitrogen and oxygen atoms in total. The van der Waals surface area contributed by atoms with E-state index < -0.39 is 15.8 Å². The highest BCUT2D eigenvalue weighted by Gasteiger charge is 2.17. The predicted octanol–water partition coefficient (Wildman–Crippen LogP) is 1.09. The summed E-state index contributed by atoms with van der Waals surface area (Å²) in [5, 5.41) is 0. The van der Waals surface area contributed by atoms with Crippen LogP contribution < -0.4 is 4.72 Å². The third kappa shape index (κ3) is 2.88. The number of hydrogen-bond acceptors (Lipinski definition) is 4. The highest BCUT2D eigenvalue weighted by atomic mass is 32.2. The molecule has 18 heavy (non-hydrogen) atoms. The Hall–Kier alpha value is -1.86. The molecule has 0 radical (unpaired) electrons. The molecule has 0 aliphatic carbocycles. The molecule has 0 saturated carbocycles. The molecule has 2 aromatic rings. The van der Waals surface area contributed by atoms with Crippen LogP contribution in [-0.2, 0) is 16.6 Å². The number of halogens is 1. The second kappa shape index (κ2) is 5.19. The highest BCUT2D eigenvalue weighted by Crippen LogP contribution is 2.13. The van der Waals surface area contributed by atoms with E-state index in [1.807, 2.05) is 0 Å². The first-order chi connectivity index (χ1) is 8.59. The van der Waals surface area contributed by atoms with E-state index in [-0.39, 0.29) is 11.4 Å². The van der Waals surface area contributed by atoms with Crippen molar-refractivity contribution in [2.24, 2.45) is 0 Å². The maximum atomic E-state index is 13.4. The third-order valence-electron chi connectivity index (χ3n) is 2.21. The van der Waals surface area contributed by atoms with Crippen LogP contribution in [-0.4, -0.2) is 18.4 Å². The lowest BCUT2D eigenvalue weighted by molar-refractivity contribution is 0.556. The summed E-state index contributed by atoms with van der Waals surface area (Å²) in [5.74, 6) is -0.785. The van der Waals surface area contributed by atoms with Gasteiger partial charge in [0.1, 0.15) is 17.0 Å². The van der Waals surface area contributed by atoms with Crippen LogP contribution in [0.5, 0.6) is 0 Å². The Morgan fingerprint density at radius 2 is 2.00 bits per heavy atom. The van der Waals surface area contributed by atoms with Crippen molar-refractivity contribution in [1.29, 1.82) is 0 Å². The van der Waals surface area contributed by atoms with Gasteiger partial charge in [0.15, 0.2) is 0 Å². The van der Waals surface area contributed by atoms with Crippen LogP contribution in [0.3, 0.4) is 0 Å². The number of aromatic nitrogens is 2. The van der Waals surface area contributed by atoms with Crippen molar-refractivity contribution in [2.75, 3.05) is 0 Å². The van der Waals surface area contributed by atoms with Crippen LogP contribution in [0.15, 0.2) is 47.8 Å². The molecule has 0 aliphatic heterocycles. The Morgan fingerprint density at radius 3 is 2.67 bits per heavy atom. The van der Waals surface area contributed by atoms with Gasteiger partial charge in [0, 0.05) is 6.20 Å². The summed E-state index contributed by atoms with van der Waals surface area (Å²) >= 11 is 0. The van der Waals surface area contributed by atoms with Crippen LogP contribution in [0, 0.1) is 5.82 Å². The van der Waals surface area contributed by atoms with Gasteiger partial charge in [-0.25, -0.2) is 27.5 Å². The largest absolute Gasteiger partial charge is 0.245 e. The van der Waals surface area contributed by atoms with E-state index in [1.165, 1.54) is 30.7 Å². The minimum atomic E-state index is -3.87. The van der Waals surface area contributed by atoms with Crippen molar-refractivity contribution in [3.05, 3.63) is 54.4 Å². The molecule has 0 aliphatic rings. The Kier molecular flexibility index (Phi) is 3.63. The zero-order chi connectivity index (χ0) is 13.0. The second-order valence-corrected chi connectivity index (χ2v) is 5.19. The lowest BCUT2D eigenvalue weighted by Gasteiger charge is -2.06. The molecule has 0 atom stereocenters. The first kappa shape index (κ1) is 12.6. The highest BCUT2D eigenvalue weighted by molar-refractivity contribution is 7.89. The van der Waals surface area contributed by atoms with Crippen LogP contribution in [0.4, 0.5) is 4.39 Å². The van der Waals surface area contributed by atoms with Gasteiger partial charge in [-0.1, -0.05) is 12.1 Å².